The molecule has 1 atom stereocenters. The number of nitrogens with zero attached hydrogens (tertiary/aromatic N) is 6. The lowest BCUT2D eigenvalue weighted by molar-refractivity contribution is 0.0796. The van der Waals surface area contributed by atoms with Crippen molar-refractivity contribution in [2.45, 2.75) is 58.7 Å². The fourth-order valence-electron chi connectivity index (χ4n) is 4.37. The monoisotopic (exact) mass is 370 g/mol. The van der Waals surface area contributed by atoms with Crippen LogP contribution in [-0.4, -0.2) is 61.9 Å². The van der Waals surface area contributed by atoms with Crippen molar-refractivity contribution in [1.29, 1.82) is 0 Å². The molecule has 7 nitrogen and oxygen atoms in total. The van der Waals surface area contributed by atoms with E-state index in [4.69, 9.17) is 5.10 Å². The predicted molar refractivity (Wildman–Crippen MR) is 104 cm³/mol. The number of carbonyl (C=O) groups is 1. The zero-order valence-corrected chi connectivity index (χ0v) is 16.7. The molecule has 2 aromatic heterocycles. The summed E-state index contributed by atoms with van der Waals surface area (Å²) < 4.78 is 3.99. The Balaban J connectivity index is 1.49. The van der Waals surface area contributed by atoms with Gasteiger partial charge < -0.3 is 4.90 Å². The molecule has 1 saturated heterocycles. The summed E-state index contributed by atoms with van der Waals surface area (Å²) >= 11 is 0. The summed E-state index contributed by atoms with van der Waals surface area (Å²) in [4.78, 5) is 16.9. The van der Waals surface area contributed by atoms with Gasteiger partial charge in [0.05, 0.1) is 11.9 Å². The van der Waals surface area contributed by atoms with Crippen LogP contribution in [0.4, 0.5) is 0 Å². The average molecular weight is 371 g/mol. The standard InChI is InChI=1S/C20H30N6O/c1-4-25-15(2)17(12-21-25)14-24-9-5-7-16(13-24)18-11-19-20(27)23(3)8-6-10-26(19)22-18/h11-12,16H,4-10,13-14H2,1-3H3. The SMILES string of the molecule is CCn1ncc(CN2CCCC(c3cc4n(n3)CCCN(C)C4=O)C2)c1C. The molecule has 0 radical (unpaired) electrons. The number of fused-ring (bicyclic) bond motifs is 1. The van der Waals surface area contributed by atoms with Crippen molar-refractivity contribution >= 4 is 5.91 Å². The molecular formula is C20H30N6O. The van der Waals surface area contributed by atoms with Crippen LogP contribution in [0.5, 0.6) is 0 Å². The molecule has 0 spiro atoms. The van der Waals surface area contributed by atoms with Gasteiger partial charge in [-0.15, -0.1) is 0 Å². The minimum Gasteiger partial charge on any atom is -0.340 e. The number of piperidine rings is 1. The molecule has 4 heterocycles. The van der Waals surface area contributed by atoms with Gasteiger partial charge in [0.2, 0.25) is 0 Å². The van der Waals surface area contributed by atoms with E-state index in [1.54, 1.807) is 0 Å². The molecular weight excluding hydrogens is 340 g/mol. The highest BCUT2D eigenvalue weighted by Gasteiger charge is 2.28. The van der Waals surface area contributed by atoms with Crippen LogP contribution in [-0.2, 0) is 19.6 Å². The fraction of sp³-hybridized carbons (Fsp3) is 0.650. The minimum absolute atomic E-state index is 0.0986. The Morgan fingerprint density at radius 3 is 2.85 bits per heavy atom. The summed E-state index contributed by atoms with van der Waals surface area (Å²) in [5.41, 5.74) is 4.42. The maximum Gasteiger partial charge on any atom is 0.271 e. The van der Waals surface area contributed by atoms with Crippen LogP contribution in [0.3, 0.4) is 0 Å². The summed E-state index contributed by atoms with van der Waals surface area (Å²) in [5.74, 6) is 0.499. The van der Waals surface area contributed by atoms with Crippen molar-refractivity contribution < 1.29 is 4.79 Å². The smallest absolute Gasteiger partial charge is 0.271 e. The molecule has 1 unspecified atom stereocenters. The lowest BCUT2D eigenvalue weighted by Gasteiger charge is -2.31. The van der Waals surface area contributed by atoms with E-state index in [1.165, 1.54) is 17.7 Å². The topological polar surface area (TPSA) is 59.2 Å². The molecule has 4 rings (SSSR count). The van der Waals surface area contributed by atoms with Crippen molar-refractivity contribution in [2.75, 3.05) is 26.7 Å². The summed E-state index contributed by atoms with van der Waals surface area (Å²) in [6, 6.07) is 2.04. The second-order valence-electron chi connectivity index (χ2n) is 7.90. The summed E-state index contributed by atoms with van der Waals surface area (Å²) in [5, 5.41) is 9.30. The molecule has 2 aliphatic heterocycles. The molecule has 0 bridgehead atoms. The first-order valence-corrected chi connectivity index (χ1v) is 10.1. The quantitative estimate of drug-likeness (QED) is 0.828. The summed E-state index contributed by atoms with van der Waals surface area (Å²) in [6.07, 6.45) is 5.29. The molecule has 2 aromatic rings. The normalized spacial score (nSPS) is 21.4. The molecule has 0 saturated carbocycles. The van der Waals surface area contributed by atoms with Crippen LogP contribution in [0.25, 0.3) is 0 Å². The number of carbonyl (C=O) groups excluding carboxylic acids is 1. The van der Waals surface area contributed by atoms with Crippen molar-refractivity contribution in [1.82, 2.24) is 29.4 Å². The van der Waals surface area contributed by atoms with Gasteiger partial charge in [0.15, 0.2) is 0 Å². The van der Waals surface area contributed by atoms with Gasteiger partial charge in [0, 0.05) is 56.9 Å². The number of amides is 1. The molecule has 146 valence electrons. The Morgan fingerprint density at radius 2 is 2.07 bits per heavy atom. The highest BCUT2D eigenvalue weighted by Crippen LogP contribution is 2.28. The second-order valence-corrected chi connectivity index (χ2v) is 7.90. The molecule has 1 fully saturated rings. The Kier molecular flexibility index (Phi) is 5.04. The first kappa shape index (κ1) is 18.2. The third-order valence-corrected chi connectivity index (χ3v) is 6.05. The Bertz CT molecular complexity index is 823. The van der Waals surface area contributed by atoms with Gasteiger partial charge in [-0.2, -0.15) is 10.2 Å². The van der Waals surface area contributed by atoms with E-state index in [2.05, 4.69) is 28.5 Å². The van der Waals surface area contributed by atoms with Gasteiger partial charge in [-0.1, -0.05) is 0 Å². The first-order chi connectivity index (χ1) is 13.1. The van der Waals surface area contributed by atoms with Crippen molar-refractivity contribution in [3.05, 3.63) is 34.9 Å². The highest BCUT2D eigenvalue weighted by molar-refractivity contribution is 5.92. The van der Waals surface area contributed by atoms with Crippen LogP contribution in [0, 0.1) is 6.92 Å². The summed E-state index contributed by atoms with van der Waals surface area (Å²) in [7, 11) is 1.88. The molecule has 0 aromatic carbocycles. The van der Waals surface area contributed by atoms with Crippen LogP contribution < -0.4 is 0 Å². The Labute approximate surface area is 160 Å². The molecule has 0 aliphatic carbocycles. The van der Waals surface area contributed by atoms with E-state index < -0.39 is 0 Å². The fourth-order valence-corrected chi connectivity index (χ4v) is 4.37. The molecule has 0 N–H and O–H groups in total. The average Bonchev–Trinajstić information content (AvgIpc) is 3.22. The van der Waals surface area contributed by atoms with E-state index in [0.29, 0.717) is 5.92 Å². The number of likely N-dealkylation sites (tertiary alicyclic amines) is 1. The van der Waals surface area contributed by atoms with Gasteiger partial charge >= 0.3 is 0 Å². The van der Waals surface area contributed by atoms with Gasteiger partial charge in [0.25, 0.3) is 5.91 Å². The zero-order chi connectivity index (χ0) is 19.0. The second kappa shape index (κ2) is 7.46. The maximum absolute atomic E-state index is 12.6. The molecule has 2 aliphatic rings. The van der Waals surface area contributed by atoms with Gasteiger partial charge in [-0.3, -0.25) is 19.1 Å². The largest absolute Gasteiger partial charge is 0.340 e. The van der Waals surface area contributed by atoms with Crippen molar-refractivity contribution in [2.24, 2.45) is 0 Å². The van der Waals surface area contributed by atoms with E-state index in [9.17, 15) is 4.79 Å². The van der Waals surface area contributed by atoms with Crippen LogP contribution in [0.2, 0.25) is 0 Å². The van der Waals surface area contributed by atoms with E-state index in [1.807, 2.05) is 28.9 Å². The van der Waals surface area contributed by atoms with Crippen molar-refractivity contribution in [3.8, 4) is 0 Å². The zero-order valence-electron chi connectivity index (χ0n) is 16.7. The van der Waals surface area contributed by atoms with Crippen LogP contribution >= 0.6 is 0 Å². The first-order valence-electron chi connectivity index (χ1n) is 10.1. The van der Waals surface area contributed by atoms with Crippen molar-refractivity contribution in [3.63, 3.8) is 0 Å². The number of hydrogen-bond donors (Lipinski definition) is 0. The van der Waals surface area contributed by atoms with Crippen LogP contribution in [0.15, 0.2) is 12.3 Å². The number of aromatic nitrogens is 4. The highest BCUT2D eigenvalue weighted by atomic mass is 16.2. The number of hydrogen-bond acceptors (Lipinski definition) is 4. The summed E-state index contributed by atoms with van der Waals surface area (Å²) in [6.45, 7) is 9.88. The number of rotatable bonds is 4. The Hall–Kier alpha value is -2.15. The molecule has 27 heavy (non-hydrogen) atoms. The van der Waals surface area contributed by atoms with E-state index in [-0.39, 0.29) is 5.91 Å². The number of aryl methyl sites for hydroxylation is 2. The van der Waals surface area contributed by atoms with E-state index >= 15 is 0 Å². The lowest BCUT2D eigenvalue weighted by atomic mass is 9.94. The van der Waals surface area contributed by atoms with Gasteiger partial charge in [0.1, 0.15) is 5.69 Å². The third kappa shape index (κ3) is 3.52. The Morgan fingerprint density at radius 1 is 1.22 bits per heavy atom. The van der Waals surface area contributed by atoms with Gasteiger partial charge in [-0.05, 0) is 45.7 Å². The molecule has 7 heteroatoms. The lowest BCUT2D eigenvalue weighted by Crippen LogP contribution is -2.34. The van der Waals surface area contributed by atoms with Gasteiger partial charge in [-0.25, -0.2) is 0 Å². The molecule has 1 amide bonds. The minimum atomic E-state index is 0.0986. The maximum atomic E-state index is 12.6. The van der Waals surface area contributed by atoms with Crippen LogP contribution in [0.1, 0.15) is 59.5 Å². The van der Waals surface area contributed by atoms with E-state index in [0.717, 1.165) is 63.5 Å². The predicted octanol–water partition coefficient (Wildman–Crippen LogP) is 2.26. The third-order valence-electron chi connectivity index (χ3n) is 6.05.